The van der Waals surface area contributed by atoms with Gasteiger partial charge in [0.15, 0.2) is 0 Å². The maximum absolute atomic E-state index is 12.8. The second-order valence-electron chi connectivity index (χ2n) is 6.92. The highest BCUT2D eigenvalue weighted by molar-refractivity contribution is 5.99. The first-order valence-electron chi connectivity index (χ1n) is 9.03. The molecule has 7 heteroatoms. The normalized spacial score (nSPS) is 21.3. The van der Waals surface area contributed by atoms with Crippen molar-refractivity contribution in [1.29, 1.82) is 0 Å². The minimum Gasteiger partial charge on any atom is -0.393 e. The molecule has 1 fully saturated rings. The van der Waals surface area contributed by atoms with E-state index in [1.165, 1.54) is 0 Å². The number of para-hydroxylation sites is 1. The van der Waals surface area contributed by atoms with Crippen molar-refractivity contribution in [2.24, 2.45) is 18.7 Å². The first kappa shape index (κ1) is 18.4. The summed E-state index contributed by atoms with van der Waals surface area (Å²) in [6.07, 6.45) is 2.58. The number of nitrogens with two attached hydrogens (primary N) is 1. The average molecular weight is 358 g/mol. The van der Waals surface area contributed by atoms with Crippen LogP contribution in [0.2, 0.25) is 0 Å². The Morgan fingerprint density at radius 1 is 1.31 bits per heavy atom. The largest absolute Gasteiger partial charge is 0.393 e. The lowest BCUT2D eigenvalue weighted by atomic mass is 9.83. The van der Waals surface area contributed by atoms with E-state index in [9.17, 15) is 9.59 Å². The Morgan fingerprint density at radius 3 is 2.77 bits per heavy atom. The number of nitrogens with one attached hydrogen (secondary N) is 2. The number of fused-ring (bicyclic) bond motifs is 1. The molecular formula is C19H26N4O3. The molecule has 0 bridgehead atoms. The van der Waals surface area contributed by atoms with E-state index < -0.39 is 6.17 Å². The maximum atomic E-state index is 12.8. The molecule has 0 aliphatic heterocycles. The van der Waals surface area contributed by atoms with Crippen molar-refractivity contribution in [3.05, 3.63) is 36.0 Å². The Balaban J connectivity index is 1.75. The molecule has 0 spiro atoms. The molecule has 1 aliphatic carbocycles. The van der Waals surface area contributed by atoms with Crippen LogP contribution in [0, 0.1) is 5.92 Å². The summed E-state index contributed by atoms with van der Waals surface area (Å²) in [5, 5.41) is 15.7. The summed E-state index contributed by atoms with van der Waals surface area (Å²) in [6.45, 7) is -0.314. The lowest BCUT2D eigenvalue weighted by Gasteiger charge is -2.32. The summed E-state index contributed by atoms with van der Waals surface area (Å²) < 4.78 is 1.87. The number of aryl methyl sites for hydroxylation is 1. The SMILES string of the molecule is Cn1c(C(=O)N[C@H]2CCCC[C@H]2C(=O)N[C@H](N)CO)cc2ccccc21. The molecule has 7 nitrogen and oxygen atoms in total. The van der Waals surface area contributed by atoms with Gasteiger partial charge in [0.1, 0.15) is 11.9 Å². The van der Waals surface area contributed by atoms with E-state index in [1.54, 1.807) is 0 Å². The van der Waals surface area contributed by atoms with Crippen LogP contribution in [0.3, 0.4) is 0 Å². The fourth-order valence-corrected chi connectivity index (χ4v) is 3.70. The fraction of sp³-hybridized carbons (Fsp3) is 0.474. The molecule has 140 valence electrons. The van der Waals surface area contributed by atoms with Gasteiger partial charge in [0.25, 0.3) is 5.91 Å². The average Bonchev–Trinajstić information content (AvgIpc) is 2.99. The van der Waals surface area contributed by atoms with Gasteiger partial charge < -0.3 is 26.0 Å². The minimum absolute atomic E-state index is 0.181. The minimum atomic E-state index is -0.779. The summed E-state index contributed by atoms with van der Waals surface area (Å²) in [6, 6.07) is 9.45. The zero-order valence-corrected chi connectivity index (χ0v) is 14.9. The Kier molecular flexibility index (Phi) is 5.58. The number of aromatic nitrogens is 1. The standard InChI is InChI=1S/C19H26N4O3/c1-23-15-9-5-2-6-12(15)10-16(23)19(26)21-14-8-4-3-7-13(14)18(25)22-17(20)11-24/h2,5-6,9-10,13-14,17,24H,3-4,7-8,11,20H2,1H3,(H,21,26)(H,22,25)/t13-,14+,17+/m1/s1. The second kappa shape index (κ2) is 7.88. The van der Waals surface area contributed by atoms with Gasteiger partial charge in [-0.25, -0.2) is 0 Å². The van der Waals surface area contributed by atoms with E-state index in [1.807, 2.05) is 41.9 Å². The molecule has 2 aromatic rings. The smallest absolute Gasteiger partial charge is 0.268 e. The lowest BCUT2D eigenvalue weighted by molar-refractivity contribution is -0.127. The summed E-state index contributed by atoms with van der Waals surface area (Å²) in [7, 11) is 1.86. The molecule has 1 saturated carbocycles. The van der Waals surface area contributed by atoms with E-state index >= 15 is 0 Å². The molecule has 1 aromatic heterocycles. The Morgan fingerprint density at radius 2 is 2.04 bits per heavy atom. The molecule has 0 saturated heterocycles. The fourth-order valence-electron chi connectivity index (χ4n) is 3.70. The van der Waals surface area contributed by atoms with Crippen molar-refractivity contribution >= 4 is 22.7 Å². The summed E-state index contributed by atoms with van der Waals surface area (Å²) in [5.74, 6) is -0.728. The predicted molar refractivity (Wildman–Crippen MR) is 99.3 cm³/mol. The van der Waals surface area contributed by atoms with Gasteiger partial charge in [-0.15, -0.1) is 0 Å². The predicted octanol–water partition coefficient (Wildman–Crippen LogP) is 0.860. The maximum Gasteiger partial charge on any atom is 0.268 e. The molecule has 5 N–H and O–H groups in total. The van der Waals surface area contributed by atoms with Crippen molar-refractivity contribution < 1.29 is 14.7 Å². The monoisotopic (exact) mass is 358 g/mol. The number of hydrogen-bond acceptors (Lipinski definition) is 4. The van der Waals surface area contributed by atoms with Crippen LogP contribution in [-0.2, 0) is 11.8 Å². The Bertz CT molecular complexity index is 801. The highest BCUT2D eigenvalue weighted by Crippen LogP contribution is 2.26. The molecular weight excluding hydrogens is 332 g/mol. The summed E-state index contributed by atoms with van der Waals surface area (Å²) in [5.41, 5.74) is 7.17. The van der Waals surface area contributed by atoms with E-state index in [2.05, 4.69) is 10.6 Å². The number of carbonyl (C=O) groups is 2. The number of nitrogens with zero attached hydrogens (tertiary/aromatic N) is 1. The molecule has 0 unspecified atom stereocenters. The van der Waals surface area contributed by atoms with Gasteiger partial charge in [-0.3, -0.25) is 9.59 Å². The lowest BCUT2D eigenvalue weighted by Crippen LogP contribution is -2.53. The van der Waals surface area contributed by atoms with Gasteiger partial charge in [-0.1, -0.05) is 31.0 Å². The molecule has 1 heterocycles. The Labute approximate surface area is 152 Å². The quantitative estimate of drug-likeness (QED) is 0.594. The summed E-state index contributed by atoms with van der Waals surface area (Å²) >= 11 is 0. The molecule has 1 aromatic carbocycles. The second-order valence-corrected chi connectivity index (χ2v) is 6.92. The van der Waals surface area contributed by atoms with Crippen LogP contribution in [0.15, 0.2) is 30.3 Å². The van der Waals surface area contributed by atoms with Crippen molar-refractivity contribution in [2.45, 2.75) is 37.9 Å². The zero-order chi connectivity index (χ0) is 18.7. The van der Waals surface area contributed by atoms with Gasteiger partial charge in [0, 0.05) is 24.0 Å². The number of benzene rings is 1. The van der Waals surface area contributed by atoms with Gasteiger partial charge in [-0.2, -0.15) is 0 Å². The molecule has 3 rings (SSSR count). The van der Waals surface area contributed by atoms with Gasteiger partial charge in [0.05, 0.1) is 12.5 Å². The number of aliphatic hydroxyl groups is 1. The van der Waals surface area contributed by atoms with Gasteiger partial charge in [-0.05, 0) is 25.0 Å². The van der Waals surface area contributed by atoms with Crippen LogP contribution in [0.4, 0.5) is 0 Å². The third kappa shape index (κ3) is 3.73. The highest BCUT2D eigenvalue weighted by atomic mass is 16.3. The van der Waals surface area contributed by atoms with E-state index in [-0.39, 0.29) is 30.4 Å². The number of aliphatic hydroxyl groups excluding tert-OH is 1. The third-order valence-electron chi connectivity index (χ3n) is 5.13. The van der Waals surface area contributed by atoms with Crippen LogP contribution >= 0.6 is 0 Å². The van der Waals surface area contributed by atoms with E-state index in [0.717, 1.165) is 30.2 Å². The first-order chi connectivity index (χ1) is 12.5. The molecule has 0 radical (unpaired) electrons. The highest BCUT2D eigenvalue weighted by Gasteiger charge is 2.33. The number of hydrogen-bond donors (Lipinski definition) is 4. The van der Waals surface area contributed by atoms with Gasteiger partial charge >= 0.3 is 0 Å². The first-order valence-corrected chi connectivity index (χ1v) is 9.03. The molecule has 1 aliphatic rings. The van der Waals surface area contributed by atoms with Crippen LogP contribution in [-0.4, -0.2) is 40.3 Å². The number of carbonyl (C=O) groups excluding carboxylic acids is 2. The van der Waals surface area contributed by atoms with Crippen LogP contribution in [0.1, 0.15) is 36.2 Å². The third-order valence-corrected chi connectivity index (χ3v) is 5.13. The topological polar surface area (TPSA) is 109 Å². The molecule has 26 heavy (non-hydrogen) atoms. The van der Waals surface area contributed by atoms with Crippen LogP contribution in [0.5, 0.6) is 0 Å². The van der Waals surface area contributed by atoms with E-state index in [0.29, 0.717) is 12.1 Å². The van der Waals surface area contributed by atoms with E-state index in [4.69, 9.17) is 10.8 Å². The number of amides is 2. The van der Waals surface area contributed by atoms with Crippen molar-refractivity contribution in [2.75, 3.05) is 6.61 Å². The molecule has 3 atom stereocenters. The van der Waals surface area contributed by atoms with Gasteiger partial charge in [0.2, 0.25) is 5.91 Å². The van der Waals surface area contributed by atoms with Crippen LogP contribution in [0.25, 0.3) is 10.9 Å². The Hall–Kier alpha value is -2.38. The summed E-state index contributed by atoms with van der Waals surface area (Å²) in [4.78, 5) is 25.3. The van der Waals surface area contributed by atoms with Crippen molar-refractivity contribution in [3.63, 3.8) is 0 Å². The van der Waals surface area contributed by atoms with Crippen LogP contribution < -0.4 is 16.4 Å². The number of rotatable bonds is 5. The molecule has 2 amide bonds. The van der Waals surface area contributed by atoms with Crippen molar-refractivity contribution in [3.8, 4) is 0 Å². The zero-order valence-electron chi connectivity index (χ0n) is 14.9. The van der Waals surface area contributed by atoms with Crippen molar-refractivity contribution in [1.82, 2.24) is 15.2 Å².